The molecule has 0 bridgehead atoms. The maximum absolute atomic E-state index is 13.5. The molecule has 7 nitrogen and oxygen atoms in total. The van der Waals surface area contributed by atoms with Crippen molar-refractivity contribution in [2.45, 2.75) is 42.4 Å². The van der Waals surface area contributed by atoms with Crippen LogP contribution in [0.2, 0.25) is 0 Å². The van der Waals surface area contributed by atoms with Crippen molar-refractivity contribution in [2.24, 2.45) is 4.99 Å². The molecule has 204 valence electrons. The van der Waals surface area contributed by atoms with Gasteiger partial charge in [0.25, 0.3) is 0 Å². The Balaban J connectivity index is 1.83. The lowest BCUT2D eigenvalue weighted by atomic mass is 10.0. The SMILES string of the molecule is CC(C)(C)OC(=O)N1c2ccccc2[C@@H](N=C(c2ccccc2)c2ccccc2)[C@@H]1NC(=O)OCC(Cl)(Cl)Cl. The number of nitrogens with one attached hydrogen (secondary N) is 1. The average molecular weight is 589 g/mol. The molecule has 0 fully saturated rings. The second-order valence-corrected chi connectivity index (χ2v) is 12.4. The van der Waals surface area contributed by atoms with Gasteiger partial charge in [-0.1, -0.05) is 114 Å². The number of alkyl halides is 3. The predicted octanol–water partition coefficient (Wildman–Crippen LogP) is 7.44. The van der Waals surface area contributed by atoms with Crippen LogP contribution in [0.4, 0.5) is 15.3 Å². The molecule has 1 N–H and O–H groups in total. The molecule has 39 heavy (non-hydrogen) atoms. The number of para-hydroxylation sites is 1. The fourth-order valence-electron chi connectivity index (χ4n) is 4.18. The molecule has 10 heteroatoms. The zero-order chi connectivity index (χ0) is 28.2. The molecule has 0 aliphatic carbocycles. The first-order chi connectivity index (χ1) is 18.4. The van der Waals surface area contributed by atoms with E-state index in [0.717, 1.165) is 16.7 Å². The van der Waals surface area contributed by atoms with Crippen molar-refractivity contribution >= 4 is 58.4 Å². The lowest BCUT2D eigenvalue weighted by molar-refractivity contribution is 0.0559. The molecule has 1 heterocycles. The number of aliphatic imine (C=N–C) groups is 1. The molecule has 0 saturated heterocycles. The summed E-state index contributed by atoms with van der Waals surface area (Å²) in [5.41, 5.74) is 2.91. The Bertz CT molecular complexity index is 1300. The van der Waals surface area contributed by atoms with Crippen molar-refractivity contribution in [2.75, 3.05) is 11.5 Å². The molecule has 0 spiro atoms. The Hall–Kier alpha value is -3.26. The van der Waals surface area contributed by atoms with E-state index in [4.69, 9.17) is 49.3 Å². The summed E-state index contributed by atoms with van der Waals surface area (Å²) in [5, 5.41) is 2.75. The number of ether oxygens (including phenoxy) is 2. The van der Waals surface area contributed by atoms with Crippen molar-refractivity contribution in [3.05, 3.63) is 102 Å². The Kier molecular flexibility index (Phi) is 8.74. The van der Waals surface area contributed by atoms with E-state index < -0.39 is 40.4 Å². The summed E-state index contributed by atoms with van der Waals surface area (Å²) in [6.07, 6.45) is -2.53. The van der Waals surface area contributed by atoms with E-state index in [9.17, 15) is 9.59 Å². The number of carbonyl (C=O) groups is 2. The van der Waals surface area contributed by atoms with Crippen LogP contribution in [0.5, 0.6) is 0 Å². The van der Waals surface area contributed by atoms with Crippen LogP contribution in [-0.2, 0) is 9.47 Å². The van der Waals surface area contributed by atoms with Crippen molar-refractivity contribution in [3.63, 3.8) is 0 Å². The molecule has 3 aromatic rings. The standard InChI is InChI=1S/C29H28Cl3N3O4/c1-28(2,3)39-27(37)35-22-17-11-10-16-21(22)24(25(35)34-26(36)38-18-29(30,31)32)33-23(19-12-6-4-7-13-19)20-14-8-5-9-15-20/h4-17,24-25H,18H2,1-3H3,(H,34,36)/t24-,25-/m1/s1. The first-order valence-corrected chi connectivity index (χ1v) is 13.4. The fraction of sp³-hybridized carbons (Fsp3) is 0.276. The Morgan fingerprint density at radius 3 is 1.95 bits per heavy atom. The molecule has 1 aliphatic rings. The van der Waals surface area contributed by atoms with Crippen molar-refractivity contribution in [1.29, 1.82) is 0 Å². The van der Waals surface area contributed by atoms with Gasteiger partial charge in [-0.2, -0.15) is 0 Å². The third-order valence-electron chi connectivity index (χ3n) is 5.68. The highest BCUT2D eigenvalue weighted by Crippen LogP contribution is 2.42. The number of alkyl carbamates (subject to hydrolysis) is 1. The van der Waals surface area contributed by atoms with Crippen molar-refractivity contribution in [1.82, 2.24) is 5.32 Å². The maximum Gasteiger partial charge on any atom is 0.416 e. The van der Waals surface area contributed by atoms with Crippen molar-refractivity contribution < 1.29 is 19.1 Å². The van der Waals surface area contributed by atoms with Gasteiger partial charge in [-0.05, 0) is 26.8 Å². The van der Waals surface area contributed by atoms with Gasteiger partial charge in [0.2, 0.25) is 3.79 Å². The summed E-state index contributed by atoms with van der Waals surface area (Å²) in [7, 11) is 0. The average Bonchev–Trinajstić information content (AvgIpc) is 3.18. The van der Waals surface area contributed by atoms with Gasteiger partial charge in [-0.15, -0.1) is 0 Å². The van der Waals surface area contributed by atoms with Crippen LogP contribution in [0.25, 0.3) is 0 Å². The summed E-state index contributed by atoms with van der Waals surface area (Å²) in [6, 6.07) is 25.9. The summed E-state index contributed by atoms with van der Waals surface area (Å²) in [5.74, 6) is 0. The third kappa shape index (κ3) is 7.44. The Morgan fingerprint density at radius 1 is 0.872 bits per heavy atom. The van der Waals surface area contributed by atoms with Crippen LogP contribution in [0.15, 0.2) is 89.9 Å². The quantitative estimate of drug-likeness (QED) is 0.248. The van der Waals surface area contributed by atoms with Gasteiger partial charge in [0.05, 0.1) is 11.4 Å². The second kappa shape index (κ2) is 11.9. The minimum atomic E-state index is -1.80. The number of hydrogen-bond donors (Lipinski definition) is 1. The van der Waals surface area contributed by atoms with Gasteiger partial charge in [-0.3, -0.25) is 15.2 Å². The molecule has 0 saturated carbocycles. The number of halogens is 3. The number of rotatable bonds is 5. The minimum absolute atomic E-state index is 0.483. The zero-order valence-corrected chi connectivity index (χ0v) is 23.9. The molecule has 3 aromatic carbocycles. The number of carbonyl (C=O) groups excluding carboxylic acids is 2. The summed E-state index contributed by atoms with van der Waals surface area (Å²) in [6.45, 7) is 4.82. The molecule has 4 rings (SSSR count). The van der Waals surface area contributed by atoms with E-state index in [1.165, 1.54) is 4.90 Å². The topological polar surface area (TPSA) is 80.2 Å². The zero-order valence-electron chi connectivity index (χ0n) is 21.6. The molecule has 0 unspecified atom stereocenters. The number of amides is 2. The van der Waals surface area contributed by atoms with Crippen LogP contribution in [0.1, 0.15) is 43.5 Å². The Morgan fingerprint density at radius 2 is 1.41 bits per heavy atom. The maximum atomic E-state index is 13.5. The highest BCUT2D eigenvalue weighted by Gasteiger charge is 2.45. The fourth-order valence-corrected chi connectivity index (χ4v) is 4.35. The smallest absolute Gasteiger partial charge is 0.416 e. The van der Waals surface area contributed by atoms with Crippen LogP contribution in [-0.4, -0.2) is 40.1 Å². The van der Waals surface area contributed by atoms with Crippen LogP contribution in [0.3, 0.4) is 0 Å². The van der Waals surface area contributed by atoms with E-state index in [1.54, 1.807) is 32.9 Å². The first kappa shape index (κ1) is 28.7. The molecule has 0 radical (unpaired) electrons. The Labute approximate surface area is 242 Å². The molecular weight excluding hydrogens is 561 g/mol. The summed E-state index contributed by atoms with van der Waals surface area (Å²) in [4.78, 5) is 32.9. The molecule has 2 atom stereocenters. The van der Waals surface area contributed by atoms with E-state index in [-0.39, 0.29) is 0 Å². The van der Waals surface area contributed by atoms with Gasteiger partial charge in [0, 0.05) is 16.7 Å². The number of hydrogen-bond acceptors (Lipinski definition) is 5. The lowest BCUT2D eigenvalue weighted by Crippen LogP contribution is -2.52. The first-order valence-electron chi connectivity index (χ1n) is 12.2. The number of fused-ring (bicyclic) bond motifs is 1. The number of nitrogens with zero attached hydrogens (tertiary/aromatic N) is 2. The molecular formula is C29H28Cl3N3O4. The minimum Gasteiger partial charge on any atom is -0.445 e. The summed E-state index contributed by atoms with van der Waals surface area (Å²) >= 11 is 17.3. The molecule has 0 aromatic heterocycles. The van der Waals surface area contributed by atoms with Crippen LogP contribution < -0.4 is 10.2 Å². The predicted molar refractivity (Wildman–Crippen MR) is 155 cm³/mol. The monoisotopic (exact) mass is 587 g/mol. The van der Waals surface area contributed by atoms with Gasteiger partial charge < -0.3 is 9.47 Å². The van der Waals surface area contributed by atoms with Crippen molar-refractivity contribution in [3.8, 4) is 0 Å². The summed E-state index contributed by atoms with van der Waals surface area (Å²) < 4.78 is 9.06. The van der Waals surface area contributed by atoms with E-state index in [0.29, 0.717) is 11.4 Å². The van der Waals surface area contributed by atoms with Gasteiger partial charge in [-0.25, -0.2) is 9.59 Å². The van der Waals surface area contributed by atoms with Gasteiger partial charge in [0.15, 0.2) is 0 Å². The molecule has 2 amide bonds. The number of anilines is 1. The van der Waals surface area contributed by atoms with Gasteiger partial charge >= 0.3 is 12.2 Å². The second-order valence-electron chi connectivity index (χ2n) is 9.84. The normalized spacial score (nSPS) is 16.7. The highest BCUT2D eigenvalue weighted by molar-refractivity contribution is 6.67. The lowest BCUT2D eigenvalue weighted by Gasteiger charge is -2.30. The van der Waals surface area contributed by atoms with E-state index in [1.807, 2.05) is 72.8 Å². The van der Waals surface area contributed by atoms with E-state index >= 15 is 0 Å². The number of benzene rings is 3. The third-order valence-corrected chi connectivity index (χ3v) is 6.00. The van der Waals surface area contributed by atoms with Crippen LogP contribution in [0, 0.1) is 0 Å². The van der Waals surface area contributed by atoms with E-state index in [2.05, 4.69) is 5.32 Å². The highest BCUT2D eigenvalue weighted by atomic mass is 35.6. The molecule has 1 aliphatic heterocycles. The van der Waals surface area contributed by atoms with Crippen LogP contribution >= 0.6 is 34.8 Å². The van der Waals surface area contributed by atoms with Gasteiger partial charge in [0.1, 0.15) is 24.4 Å². The largest absolute Gasteiger partial charge is 0.445 e.